The number of aryl methyl sites for hydroxylation is 1. The lowest BCUT2D eigenvalue weighted by Gasteiger charge is -2.13. The highest BCUT2D eigenvalue weighted by Crippen LogP contribution is 2.30. The average molecular weight is 234 g/mol. The number of hydrogen-bond acceptors (Lipinski definition) is 3. The van der Waals surface area contributed by atoms with E-state index < -0.39 is 0 Å². The lowest BCUT2D eigenvalue weighted by molar-refractivity contribution is 0.295. The SMILES string of the molecule is Cc1cc(OCC2CC2)c(CNC(C)C)cn1. The van der Waals surface area contributed by atoms with Crippen LogP contribution in [0.4, 0.5) is 0 Å². The lowest BCUT2D eigenvalue weighted by Crippen LogP contribution is -2.22. The van der Waals surface area contributed by atoms with Gasteiger partial charge >= 0.3 is 0 Å². The van der Waals surface area contributed by atoms with Gasteiger partial charge in [0.05, 0.1) is 6.61 Å². The van der Waals surface area contributed by atoms with Crippen molar-refractivity contribution in [3.8, 4) is 5.75 Å². The van der Waals surface area contributed by atoms with Crippen molar-refractivity contribution in [3.05, 3.63) is 23.5 Å². The first-order valence-corrected chi connectivity index (χ1v) is 6.47. The van der Waals surface area contributed by atoms with Crippen LogP contribution in [0.5, 0.6) is 5.75 Å². The molecule has 0 aromatic carbocycles. The van der Waals surface area contributed by atoms with Gasteiger partial charge in [-0.15, -0.1) is 0 Å². The van der Waals surface area contributed by atoms with Crippen molar-refractivity contribution in [2.75, 3.05) is 6.61 Å². The minimum atomic E-state index is 0.479. The Labute approximate surface area is 104 Å². The van der Waals surface area contributed by atoms with Crippen LogP contribution in [0.25, 0.3) is 0 Å². The summed E-state index contributed by atoms with van der Waals surface area (Å²) in [5, 5.41) is 3.40. The second kappa shape index (κ2) is 5.50. The van der Waals surface area contributed by atoms with Gasteiger partial charge < -0.3 is 10.1 Å². The first-order chi connectivity index (χ1) is 8.15. The highest BCUT2D eigenvalue weighted by Gasteiger charge is 2.22. The highest BCUT2D eigenvalue weighted by molar-refractivity contribution is 5.32. The zero-order valence-corrected chi connectivity index (χ0v) is 11.0. The third-order valence-electron chi connectivity index (χ3n) is 2.95. The first-order valence-electron chi connectivity index (χ1n) is 6.47. The number of rotatable bonds is 6. The monoisotopic (exact) mass is 234 g/mol. The molecule has 2 rings (SSSR count). The second-order valence-corrected chi connectivity index (χ2v) is 5.22. The minimum absolute atomic E-state index is 0.479. The Morgan fingerprint density at radius 3 is 2.88 bits per heavy atom. The first kappa shape index (κ1) is 12.4. The number of aromatic nitrogens is 1. The molecule has 3 heteroatoms. The molecule has 1 aromatic heterocycles. The van der Waals surface area contributed by atoms with E-state index in [0.717, 1.165) is 36.1 Å². The maximum Gasteiger partial charge on any atom is 0.127 e. The number of nitrogens with zero attached hydrogens (tertiary/aromatic N) is 1. The van der Waals surface area contributed by atoms with Gasteiger partial charge in [0.2, 0.25) is 0 Å². The topological polar surface area (TPSA) is 34.1 Å². The van der Waals surface area contributed by atoms with E-state index in [2.05, 4.69) is 24.1 Å². The average Bonchev–Trinajstić information content (AvgIpc) is 3.08. The predicted octanol–water partition coefficient (Wildman–Crippen LogP) is 2.68. The quantitative estimate of drug-likeness (QED) is 0.821. The van der Waals surface area contributed by atoms with Crippen molar-refractivity contribution in [3.63, 3.8) is 0 Å². The zero-order chi connectivity index (χ0) is 12.3. The van der Waals surface area contributed by atoms with E-state index in [1.54, 1.807) is 0 Å². The summed E-state index contributed by atoms with van der Waals surface area (Å²) in [6.45, 7) is 7.98. The molecular weight excluding hydrogens is 212 g/mol. The number of hydrogen-bond donors (Lipinski definition) is 1. The fraction of sp³-hybridized carbons (Fsp3) is 0.643. The molecule has 0 atom stereocenters. The summed E-state index contributed by atoms with van der Waals surface area (Å²) in [5.74, 6) is 1.78. The molecule has 17 heavy (non-hydrogen) atoms. The Morgan fingerprint density at radius 2 is 2.24 bits per heavy atom. The lowest BCUT2D eigenvalue weighted by atomic mass is 10.2. The number of pyridine rings is 1. The van der Waals surface area contributed by atoms with E-state index in [0.29, 0.717) is 6.04 Å². The van der Waals surface area contributed by atoms with Gasteiger partial charge in [-0.25, -0.2) is 0 Å². The van der Waals surface area contributed by atoms with Gasteiger partial charge in [0.15, 0.2) is 0 Å². The van der Waals surface area contributed by atoms with Gasteiger partial charge in [0.1, 0.15) is 5.75 Å². The van der Waals surface area contributed by atoms with Crippen molar-refractivity contribution < 1.29 is 4.74 Å². The largest absolute Gasteiger partial charge is 0.493 e. The summed E-state index contributed by atoms with van der Waals surface area (Å²) in [6, 6.07) is 2.52. The Balaban J connectivity index is 2.00. The molecule has 0 spiro atoms. The van der Waals surface area contributed by atoms with Gasteiger partial charge in [-0.05, 0) is 25.7 Å². The van der Waals surface area contributed by atoms with E-state index >= 15 is 0 Å². The molecule has 0 saturated heterocycles. The summed E-state index contributed by atoms with van der Waals surface area (Å²) >= 11 is 0. The normalized spacial score (nSPS) is 15.3. The minimum Gasteiger partial charge on any atom is -0.493 e. The van der Waals surface area contributed by atoms with Gasteiger partial charge in [0.25, 0.3) is 0 Å². The van der Waals surface area contributed by atoms with E-state index in [1.807, 2.05) is 19.2 Å². The molecular formula is C14H22N2O. The molecule has 1 fully saturated rings. The molecule has 0 aliphatic heterocycles. The van der Waals surface area contributed by atoms with Crippen LogP contribution in [0.2, 0.25) is 0 Å². The highest BCUT2D eigenvalue weighted by atomic mass is 16.5. The summed E-state index contributed by atoms with van der Waals surface area (Å²) in [4.78, 5) is 4.34. The van der Waals surface area contributed by atoms with Crippen LogP contribution in [-0.2, 0) is 6.54 Å². The molecule has 0 unspecified atom stereocenters. The molecule has 1 saturated carbocycles. The van der Waals surface area contributed by atoms with Crippen molar-refractivity contribution in [2.45, 2.75) is 46.2 Å². The predicted molar refractivity (Wildman–Crippen MR) is 69.2 cm³/mol. The smallest absolute Gasteiger partial charge is 0.127 e. The zero-order valence-electron chi connectivity index (χ0n) is 11.0. The van der Waals surface area contributed by atoms with Crippen LogP contribution in [0.1, 0.15) is 37.9 Å². The van der Waals surface area contributed by atoms with E-state index in [4.69, 9.17) is 4.74 Å². The Morgan fingerprint density at radius 1 is 1.47 bits per heavy atom. The van der Waals surface area contributed by atoms with Gasteiger partial charge in [0, 0.05) is 36.1 Å². The van der Waals surface area contributed by atoms with E-state index in [1.165, 1.54) is 12.8 Å². The Kier molecular flexibility index (Phi) is 4.00. The molecule has 3 nitrogen and oxygen atoms in total. The standard InChI is InChI=1S/C14H22N2O/c1-10(2)15-7-13-8-16-11(3)6-14(13)17-9-12-4-5-12/h6,8,10,12,15H,4-5,7,9H2,1-3H3. The van der Waals surface area contributed by atoms with Crippen LogP contribution in [0.3, 0.4) is 0 Å². The maximum atomic E-state index is 5.89. The Hall–Kier alpha value is -1.09. The fourth-order valence-electron chi connectivity index (χ4n) is 1.64. The molecule has 1 aromatic rings. The van der Waals surface area contributed by atoms with Gasteiger partial charge in [-0.2, -0.15) is 0 Å². The van der Waals surface area contributed by atoms with Crippen molar-refractivity contribution in [1.82, 2.24) is 10.3 Å². The number of ether oxygens (including phenoxy) is 1. The molecule has 1 aliphatic carbocycles. The molecule has 1 N–H and O–H groups in total. The van der Waals surface area contributed by atoms with Gasteiger partial charge in [-0.3, -0.25) is 4.98 Å². The number of nitrogens with one attached hydrogen (secondary N) is 1. The molecule has 0 bridgehead atoms. The van der Waals surface area contributed by atoms with Crippen molar-refractivity contribution >= 4 is 0 Å². The van der Waals surface area contributed by atoms with Crippen LogP contribution in [-0.4, -0.2) is 17.6 Å². The van der Waals surface area contributed by atoms with Crippen LogP contribution >= 0.6 is 0 Å². The van der Waals surface area contributed by atoms with Crippen LogP contribution in [0, 0.1) is 12.8 Å². The summed E-state index contributed by atoms with van der Waals surface area (Å²) < 4.78 is 5.89. The van der Waals surface area contributed by atoms with Crippen LogP contribution in [0.15, 0.2) is 12.3 Å². The molecule has 94 valence electrons. The second-order valence-electron chi connectivity index (χ2n) is 5.22. The molecule has 1 aliphatic rings. The van der Waals surface area contributed by atoms with Crippen molar-refractivity contribution in [2.24, 2.45) is 5.92 Å². The van der Waals surface area contributed by atoms with E-state index in [-0.39, 0.29) is 0 Å². The summed E-state index contributed by atoms with van der Waals surface area (Å²) in [6.07, 6.45) is 4.57. The third-order valence-corrected chi connectivity index (χ3v) is 2.95. The fourth-order valence-corrected chi connectivity index (χ4v) is 1.64. The maximum absolute atomic E-state index is 5.89. The van der Waals surface area contributed by atoms with Gasteiger partial charge in [-0.1, -0.05) is 13.8 Å². The molecule has 0 radical (unpaired) electrons. The summed E-state index contributed by atoms with van der Waals surface area (Å²) in [5.41, 5.74) is 2.18. The molecule has 0 amide bonds. The van der Waals surface area contributed by atoms with Crippen molar-refractivity contribution in [1.29, 1.82) is 0 Å². The molecule has 1 heterocycles. The van der Waals surface area contributed by atoms with Crippen LogP contribution < -0.4 is 10.1 Å². The third kappa shape index (κ3) is 4.00. The van der Waals surface area contributed by atoms with E-state index in [9.17, 15) is 0 Å². The Bertz CT molecular complexity index is 372. The summed E-state index contributed by atoms with van der Waals surface area (Å²) in [7, 11) is 0.